The third-order valence-corrected chi connectivity index (χ3v) is 4.38. The van der Waals surface area contributed by atoms with Crippen molar-refractivity contribution in [1.29, 1.82) is 0 Å². The zero-order valence-electron chi connectivity index (χ0n) is 12.0. The Morgan fingerprint density at radius 2 is 2.05 bits per heavy atom. The second-order valence-corrected chi connectivity index (χ2v) is 5.86. The predicted octanol–water partition coefficient (Wildman–Crippen LogP) is 3.76. The SMILES string of the molecule is COc1cc(N)c(Cl)cc1-c1n[nH]c(C2CCCCC2)n1. The Hall–Kier alpha value is -1.75. The van der Waals surface area contributed by atoms with Crippen LogP contribution in [0.5, 0.6) is 5.75 Å². The van der Waals surface area contributed by atoms with E-state index in [9.17, 15) is 0 Å². The fraction of sp³-hybridized carbons (Fsp3) is 0.467. The van der Waals surface area contributed by atoms with Crippen molar-refractivity contribution in [2.24, 2.45) is 0 Å². The molecule has 0 bridgehead atoms. The average molecular weight is 307 g/mol. The minimum atomic E-state index is 0.481. The highest BCUT2D eigenvalue weighted by molar-refractivity contribution is 6.33. The first-order chi connectivity index (χ1) is 10.2. The van der Waals surface area contributed by atoms with Crippen LogP contribution in [0.3, 0.4) is 0 Å². The van der Waals surface area contributed by atoms with Crippen LogP contribution >= 0.6 is 11.6 Å². The Bertz CT molecular complexity index is 635. The number of nitrogens with two attached hydrogens (primary N) is 1. The average Bonchev–Trinajstić information content (AvgIpc) is 3.00. The number of benzene rings is 1. The van der Waals surface area contributed by atoms with Crippen molar-refractivity contribution in [1.82, 2.24) is 15.2 Å². The molecule has 0 saturated heterocycles. The number of aromatic nitrogens is 3. The molecular weight excluding hydrogens is 288 g/mol. The van der Waals surface area contributed by atoms with Crippen LogP contribution in [0.25, 0.3) is 11.4 Å². The summed E-state index contributed by atoms with van der Waals surface area (Å²) < 4.78 is 5.36. The first-order valence-electron chi connectivity index (χ1n) is 7.24. The van der Waals surface area contributed by atoms with Crippen LogP contribution in [0.1, 0.15) is 43.8 Å². The van der Waals surface area contributed by atoms with Gasteiger partial charge in [0.1, 0.15) is 11.6 Å². The van der Waals surface area contributed by atoms with Gasteiger partial charge in [-0.05, 0) is 18.9 Å². The lowest BCUT2D eigenvalue weighted by Gasteiger charge is -2.18. The lowest BCUT2D eigenvalue weighted by Crippen LogP contribution is -2.06. The monoisotopic (exact) mass is 306 g/mol. The van der Waals surface area contributed by atoms with E-state index in [-0.39, 0.29) is 0 Å². The van der Waals surface area contributed by atoms with Crippen molar-refractivity contribution >= 4 is 17.3 Å². The van der Waals surface area contributed by atoms with Crippen LogP contribution in [0.15, 0.2) is 12.1 Å². The number of nitrogens with one attached hydrogen (secondary N) is 1. The van der Waals surface area contributed by atoms with Crippen LogP contribution in [0, 0.1) is 0 Å². The predicted molar refractivity (Wildman–Crippen MR) is 83.6 cm³/mol. The lowest BCUT2D eigenvalue weighted by molar-refractivity contribution is 0.416. The van der Waals surface area contributed by atoms with Crippen LogP contribution in [0.2, 0.25) is 5.02 Å². The number of hydrogen-bond donors (Lipinski definition) is 2. The maximum Gasteiger partial charge on any atom is 0.184 e. The number of rotatable bonds is 3. The van der Waals surface area contributed by atoms with E-state index in [1.54, 1.807) is 19.2 Å². The van der Waals surface area contributed by atoms with Crippen molar-refractivity contribution in [2.45, 2.75) is 38.0 Å². The molecule has 2 aromatic rings. The Balaban J connectivity index is 1.94. The highest BCUT2D eigenvalue weighted by Crippen LogP contribution is 2.36. The number of aromatic amines is 1. The Morgan fingerprint density at radius 3 is 2.76 bits per heavy atom. The van der Waals surface area contributed by atoms with Crippen molar-refractivity contribution in [3.63, 3.8) is 0 Å². The lowest BCUT2D eigenvalue weighted by atomic mass is 9.89. The van der Waals surface area contributed by atoms with Crippen LogP contribution in [-0.2, 0) is 0 Å². The summed E-state index contributed by atoms with van der Waals surface area (Å²) in [6.45, 7) is 0. The number of halogens is 1. The summed E-state index contributed by atoms with van der Waals surface area (Å²) in [7, 11) is 1.60. The molecule has 1 aromatic heterocycles. The zero-order chi connectivity index (χ0) is 14.8. The highest BCUT2D eigenvalue weighted by Gasteiger charge is 2.21. The molecule has 1 fully saturated rings. The highest BCUT2D eigenvalue weighted by atomic mass is 35.5. The van der Waals surface area contributed by atoms with Gasteiger partial charge in [-0.25, -0.2) is 4.98 Å². The van der Waals surface area contributed by atoms with Gasteiger partial charge < -0.3 is 10.5 Å². The Labute approximate surface area is 128 Å². The quantitative estimate of drug-likeness (QED) is 0.846. The topological polar surface area (TPSA) is 76.8 Å². The summed E-state index contributed by atoms with van der Waals surface area (Å²) in [5, 5.41) is 7.88. The van der Waals surface area contributed by atoms with E-state index < -0.39 is 0 Å². The largest absolute Gasteiger partial charge is 0.496 e. The van der Waals surface area contributed by atoms with Gasteiger partial charge in [-0.2, -0.15) is 5.10 Å². The third kappa shape index (κ3) is 2.83. The van der Waals surface area contributed by atoms with Crippen LogP contribution in [-0.4, -0.2) is 22.3 Å². The molecule has 1 aromatic carbocycles. The van der Waals surface area contributed by atoms with Gasteiger partial charge in [0, 0.05) is 12.0 Å². The second-order valence-electron chi connectivity index (χ2n) is 5.45. The standard InChI is InChI=1S/C15H19ClN4O/c1-21-13-8-12(17)11(16)7-10(13)15-18-14(19-20-15)9-5-3-2-4-6-9/h7-9H,2-6,17H2,1H3,(H,18,19,20). The van der Waals surface area contributed by atoms with E-state index in [1.807, 2.05) is 0 Å². The molecular formula is C15H19ClN4O. The second kappa shape index (κ2) is 5.93. The molecule has 0 aliphatic heterocycles. The first kappa shape index (κ1) is 14.2. The molecule has 112 valence electrons. The summed E-state index contributed by atoms with van der Waals surface area (Å²) in [5.41, 5.74) is 7.05. The van der Waals surface area contributed by atoms with Crippen LogP contribution < -0.4 is 10.5 Å². The number of nitrogen functional groups attached to an aromatic ring is 1. The number of ether oxygens (including phenoxy) is 1. The van der Waals surface area contributed by atoms with Crippen molar-refractivity contribution in [2.75, 3.05) is 12.8 Å². The summed E-state index contributed by atoms with van der Waals surface area (Å²) in [5.74, 6) is 2.68. The molecule has 6 heteroatoms. The molecule has 0 atom stereocenters. The number of H-pyrrole nitrogens is 1. The van der Waals surface area contributed by atoms with E-state index in [1.165, 1.54) is 32.1 Å². The van der Waals surface area contributed by atoms with Crippen molar-refractivity contribution in [3.8, 4) is 17.1 Å². The first-order valence-corrected chi connectivity index (χ1v) is 7.62. The summed E-state index contributed by atoms with van der Waals surface area (Å²) in [6.07, 6.45) is 6.19. The van der Waals surface area contributed by atoms with Gasteiger partial charge in [0.2, 0.25) is 0 Å². The van der Waals surface area contributed by atoms with Gasteiger partial charge in [0.25, 0.3) is 0 Å². The smallest absolute Gasteiger partial charge is 0.184 e. The number of nitrogens with zero attached hydrogens (tertiary/aromatic N) is 2. The van der Waals surface area contributed by atoms with E-state index >= 15 is 0 Å². The van der Waals surface area contributed by atoms with Gasteiger partial charge in [-0.15, -0.1) is 0 Å². The summed E-state index contributed by atoms with van der Waals surface area (Å²) in [4.78, 5) is 4.64. The van der Waals surface area contributed by atoms with Crippen molar-refractivity contribution < 1.29 is 4.74 Å². The van der Waals surface area contributed by atoms with Gasteiger partial charge in [0.05, 0.1) is 23.4 Å². The van der Waals surface area contributed by atoms with Gasteiger partial charge in [-0.1, -0.05) is 30.9 Å². The molecule has 1 aliphatic rings. The van der Waals surface area contributed by atoms with E-state index in [4.69, 9.17) is 22.1 Å². The maximum atomic E-state index is 6.10. The molecule has 0 amide bonds. The fourth-order valence-electron chi connectivity index (χ4n) is 2.87. The third-order valence-electron chi connectivity index (χ3n) is 4.05. The molecule has 3 N–H and O–H groups in total. The Kier molecular flexibility index (Phi) is 4.01. The number of hydrogen-bond acceptors (Lipinski definition) is 4. The molecule has 1 saturated carbocycles. The minimum absolute atomic E-state index is 0.481. The minimum Gasteiger partial charge on any atom is -0.496 e. The fourth-order valence-corrected chi connectivity index (χ4v) is 3.03. The van der Waals surface area contributed by atoms with Gasteiger partial charge in [0.15, 0.2) is 5.82 Å². The molecule has 0 radical (unpaired) electrons. The van der Waals surface area contributed by atoms with Crippen molar-refractivity contribution in [3.05, 3.63) is 23.0 Å². The molecule has 3 rings (SSSR count). The van der Waals surface area contributed by atoms with E-state index in [0.717, 1.165) is 11.4 Å². The van der Waals surface area contributed by atoms with Gasteiger partial charge in [-0.3, -0.25) is 5.10 Å². The molecule has 0 unspecified atom stereocenters. The molecule has 0 spiro atoms. The van der Waals surface area contributed by atoms with Gasteiger partial charge >= 0.3 is 0 Å². The number of methoxy groups -OCH3 is 1. The molecule has 1 heterocycles. The van der Waals surface area contributed by atoms with Crippen LogP contribution in [0.4, 0.5) is 5.69 Å². The summed E-state index contributed by atoms with van der Waals surface area (Å²) in [6, 6.07) is 3.46. The summed E-state index contributed by atoms with van der Waals surface area (Å²) >= 11 is 6.10. The molecule has 21 heavy (non-hydrogen) atoms. The van der Waals surface area contributed by atoms with E-state index in [2.05, 4.69) is 15.2 Å². The number of anilines is 1. The molecule has 1 aliphatic carbocycles. The zero-order valence-corrected chi connectivity index (χ0v) is 12.8. The molecule has 5 nitrogen and oxygen atoms in total. The Morgan fingerprint density at radius 1 is 1.29 bits per heavy atom. The maximum absolute atomic E-state index is 6.10. The normalized spacial score (nSPS) is 16.1. The van der Waals surface area contributed by atoms with E-state index in [0.29, 0.717) is 28.2 Å².